The molecule has 154 valence electrons. The largest absolute Gasteiger partial charge is 0.478 e. The summed E-state index contributed by atoms with van der Waals surface area (Å²) in [5.74, 6) is 1.00. The summed E-state index contributed by atoms with van der Waals surface area (Å²) in [5.41, 5.74) is 6.45. The molecule has 0 atom stereocenters. The van der Waals surface area contributed by atoms with Crippen molar-refractivity contribution in [3.8, 4) is 0 Å². The molecule has 4 heteroatoms. The monoisotopic (exact) mass is 436 g/mol. The first-order valence-corrected chi connectivity index (χ1v) is 10.7. The maximum absolute atomic E-state index is 10.4. The summed E-state index contributed by atoms with van der Waals surface area (Å²) in [6.45, 7) is 3.97. The van der Waals surface area contributed by atoms with Crippen LogP contribution in [0.4, 0.5) is 0 Å². The normalized spacial score (nSPS) is 10.7. The molecular formula is C26H26ClO2P. The molecule has 3 rings (SSSR count). The Morgan fingerprint density at radius 2 is 1.73 bits per heavy atom. The number of carboxylic acid groups (broad SMARTS) is 1. The van der Waals surface area contributed by atoms with Gasteiger partial charge in [0.05, 0.1) is 5.56 Å². The quantitative estimate of drug-likeness (QED) is 0.416. The van der Waals surface area contributed by atoms with E-state index in [4.69, 9.17) is 16.7 Å². The van der Waals surface area contributed by atoms with E-state index in [0.29, 0.717) is 5.56 Å². The maximum Gasteiger partial charge on any atom is 0.335 e. The molecule has 3 aromatic rings. The van der Waals surface area contributed by atoms with Gasteiger partial charge in [-0.15, -0.1) is 8.86 Å². The number of rotatable bonds is 6. The van der Waals surface area contributed by atoms with Gasteiger partial charge in [0, 0.05) is 5.02 Å². The highest BCUT2D eigenvalue weighted by molar-refractivity contribution is 7.19. The molecule has 0 bridgehead atoms. The number of hydrogen-bond acceptors (Lipinski definition) is 1. The number of carboxylic acids is 1. The average Bonchev–Trinajstić information content (AvgIpc) is 2.74. The van der Waals surface area contributed by atoms with Gasteiger partial charge in [-0.3, -0.25) is 0 Å². The van der Waals surface area contributed by atoms with Crippen LogP contribution in [0.2, 0.25) is 5.02 Å². The van der Waals surface area contributed by atoms with E-state index in [9.17, 15) is 4.79 Å². The molecule has 0 aromatic heterocycles. The van der Waals surface area contributed by atoms with E-state index in [-0.39, 0.29) is 0 Å². The Morgan fingerprint density at radius 3 is 2.33 bits per heavy atom. The summed E-state index contributed by atoms with van der Waals surface area (Å²) < 4.78 is 0. The van der Waals surface area contributed by atoms with Gasteiger partial charge in [0.25, 0.3) is 0 Å². The molecule has 0 unspecified atom stereocenters. The maximum atomic E-state index is 10.4. The predicted octanol–water partition coefficient (Wildman–Crippen LogP) is 7.17. The zero-order valence-corrected chi connectivity index (χ0v) is 19.0. The Morgan fingerprint density at radius 1 is 1.00 bits per heavy atom. The summed E-state index contributed by atoms with van der Waals surface area (Å²) >= 11 is 6.13. The second-order valence-electron chi connectivity index (χ2n) is 6.98. The molecule has 2 nitrogen and oxygen atoms in total. The van der Waals surface area contributed by atoms with Gasteiger partial charge in [0.2, 0.25) is 0 Å². The first-order valence-electron chi connectivity index (χ1n) is 9.70. The van der Waals surface area contributed by atoms with Crippen molar-refractivity contribution < 1.29 is 9.90 Å². The van der Waals surface area contributed by atoms with Crippen LogP contribution in [0.1, 0.15) is 39.5 Å². The van der Waals surface area contributed by atoms with E-state index in [0.717, 1.165) is 23.4 Å². The van der Waals surface area contributed by atoms with Crippen molar-refractivity contribution in [3.05, 3.63) is 112 Å². The SMILES string of the molecule is C/C(=C\C=P)c1cc(Cl)ccc1CCc1ccccc1.Cc1cccc(C(=O)O)c1. The molecule has 30 heavy (non-hydrogen) atoms. The van der Waals surface area contributed by atoms with Crippen LogP contribution in [0, 0.1) is 6.92 Å². The summed E-state index contributed by atoms with van der Waals surface area (Å²) in [6.07, 6.45) is 4.11. The zero-order chi connectivity index (χ0) is 21.9. The molecule has 0 heterocycles. The molecule has 0 spiro atoms. The number of carbonyl (C=O) groups is 1. The fraction of sp³-hybridized carbons (Fsp3) is 0.154. The Kier molecular flexibility index (Phi) is 9.54. The van der Waals surface area contributed by atoms with Crippen molar-refractivity contribution >= 4 is 37.8 Å². The van der Waals surface area contributed by atoms with Crippen LogP contribution in [0.5, 0.6) is 0 Å². The number of allylic oxidation sites excluding steroid dienone is 2. The van der Waals surface area contributed by atoms with Crippen molar-refractivity contribution in [2.45, 2.75) is 26.7 Å². The highest BCUT2D eigenvalue weighted by Crippen LogP contribution is 2.24. The lowest BCUT2D eigenvalue weighted by Crippen LogP contribution is -1.96. The fourth-order valence-corrected chi connectivity index (χ4v) is 3.47. The molecule has 0 aliphatic carbocycles. The van der Waals surface area contributed by atoms with Crippen molar-refractivity contribution in [2.24, 2.45) is 0 Å². The minimum absolute atomic E-state index is 0.347. The molecule has 0 saturated carbocycles. The van der Waals surface area contributed by atoms with E-state index >= 15 is 0 Å². The third-order valence-electron chi connectivity index (χ3n) is 4.62. The first-order chi connectivity index (χ1) is 14.4. The number of aryl methyl sites for hydroxylation is 3. The Hall–Kier alpha value is -2.67. The standard InChI is InChI=1S/C18H18ClP.C8H8O2/c1-14(11-12-20)18-13-17(19)10-9-16(18)8-7-15-5-3-2-4-6-15;1-6-3-2-4-7(5-6)8(9)10/h2-6,9-13,20H,7-8H2,1H3;2-5H,1H3,(H,9,10)/b14-11+;. The number of aromatic carboxylic acids is 1. The van der Waals surface area contributed by atoms with Crippen molar-refractivity contribution in [1.29, 1.82) is 0 Å². The fourth-order valence-electron chi connectivity index (χ4n) is 3.05. The Balaban J connectivity index is 0.000000269. The van der Waals surface area contributed by atoms with Crippen LogP contribution in [-0.4, -0.2) is 16.9 Å². The highest BCUT2D eigenvalue weighted by atomic mass is 35.5. The lowest BCUT2D eigenvalue weighted by atomic mass is 9.95. The van der Waals surface area contributed by atoms with Gasteiger partial charge < -0.3 is 5.11 Å². The van der Waals surface area contributed by atoms with Crippen molar-refractivity contribution in [1.82, 2.24) is 0 Å². The minimum Gasteiger partial charge on any atom is -0.478 e. The lowest BCUT2D eigenvalue weighted by molar-refractivity contribution is 0.0697. The van der Waals surface area contributed by atoms with E-state index in [1.165, 1.54) is 22.3 Å². The number of halogens is 1. The van der Waals surface area contributed by atoms with Gasteiger partial charge in [-0.25, -0.2) is 4.79 Å². The Bertz CT molecular complexity index is 1030. The van der Waals surface area contributed by atoms with E-state index in [1.807, 2.05) is 30.9 Å². The second-order valence-corrected chi connectivity index (χ2v) is 7.75. The van der Waals surface area contributed by atoms with E-state index in [2.05, 4.69) is 58.3 Å². The predicted molar refractivity (Wildman–Crippen MR) is 131 cm³/mol. The molecule has 0 aliphatic heterocycles. The summed E-state index contributed by atoms with van der Waals surface area (Å²) in [5, 5.41) is 9.29. The first kappa shape index (κ1) is 23.6. The minimum atomic E-state index is -0.872. The molecule has 0 amide bonds. The topological polar surface area (TPSA) is 37.3 Å². The smallest absolute Gasteiger partial charge is 0.335 e. The van der Waals surface area contributed by atoms with Crippen molar-refractivity contribution in [2.75, 3.05) is 0 Å². The van der Waals surface area contributed by atoms with Crippen LogP contribution in [0.3, 0.4) is 0 Å². The van der Waals surface area contributed by atoms with E-state index in [1.54, 1.807) is 18.2 Å². The van der Waals surface area contributed by atoms with Gasteiger partial charge in [-0.2, -0.15) is 0 Å². The zero-order valence-electron chi connectivity index (χ0n) is 17.2. The van der Waals surface area contributed by atoms with Crippen LogP contribution in [0.15, 0.2) is 78.9 Å². The third kappa shape index (κ3) is 7.63. The molecular weight excluding hydrogens is 411 g/mol. The molecule has 0 aliphatic rings. The molecule has 3 aromatic carbocycles. The summed E-state index contributed by atoms with van der Waals surface area (Å²) in [6, 6.07) is 23.5. The van der Waals surface area contributed by atoms with Gasteiger partial charge in [-0.05, 0) is 79.0 Å². The molecule has 0 fully saturated rings. The third-order valence-corrected chi connectivity index (χ3v) is 5.02. The van der Waals surface area contributed by atoms with Gasteiger partial charge >= 0.3 is 5.97 Å². The van der Waals surface area contributed by atoms with Gasteiger partial charge in [-0.1, -0.05) is 71.8 Å². The van der Waals surface area contributed by atoms with Gasteiger partial charge in [0.1, 0.15) is 0 Å². The summed E-state index contributed by atoms with van der Waals surface area (Å²) in [4.78, 5) is 10.4. The van der Waals surface area contributed by atoms with Crippen LogP contribution in [0.25, 0.3) is 5.57 Å². The molecule has 0 radical (unpaired) electrons. The van der Waals surface area contributed by atoms with Crippen LogP contribution < -0.4 is 0 Å². The van der Waals surface area contributed by atoms with Crippen LogP contribution in [-0.2, 0) is 12.8 Å². The van der Waals surface area contributed by atoms with Gasteiger partial charge in [0.15, 0.2) is 0 Å². The highest BCUT2D eigenvalue weighted by Gasteiger charge is 2.06. The van der Waals surface area contributed by atoms with Crippen LogP contribution >= 0.6 is 20.5 Å². The molecule has 1 N–H and O–H groups in total. The second kappa shape index (κ2) is 12.1. The number of benzene rings is 3. The average molecular weight is 437 g/mol. The molecule has 0 saturated heterocycles. The number of hydrogen-bond donors (Lipinski definition) is 1. The van der Waals surface area contributed by atoms with Crippen molar-refractivity contribution in [3.63, 3.8) is 0 Å². The summed E-state index contributed by atoms with van der Waals surface area (Å²) in [7, 11) is 3.38. The lowest BCUT2D eigenvalue weighted by Gasteiger charge is -2.11. The Labute approximate surface area is 186 Å². The van der Waals surface area contributed by atoms with E-state index < -0.39 is 5.97 Å².